The van der Waals surface area contributed by atoms with Gasteiger partial charge in [-0.25, -0.2) is 0 Å². The maximum absolute atomic E-state index is 6.10. The average Bonchev–Trinajstić information content (AvgIpc) is 2.32. The Balaban J connectivity index is 1.65. The fourth-order valence-electron chi connectivity index (χ4n) is 2.99. The van der Waals surface area contributed by atoms with Crippen molar-refractivity contribution in [2.45, 2.75) is 52.1 Å². The van der Waals surface area contributed by atoms with E-state index in [9.17, 15) is 0 Å². The highest BCUT2D eigenvalue weighted by Gasteiger charge is 2.25. The molecule has 2 heteroatoms. The third-order valence-corrected chi connectivity index (χ3v) is 4.52. The van der Waals surface area contributed by atoms with Crippen LogP contribution >= 0.6 is 0 Å². The van der Waals surface area contributed by atoms with Gasteiger partial charge in [-0.3, -0.25) is 0 Å². The summed E-state index contributed by atoms with van der Waals surface area (Å²) in [6.45, 7) is 8.11. The first-order chi connectivity index (χ1) is 7.75. The van der Waals surface area contributed by atoms with Crippen LogP contribution in [0.5, 0.6) is 0 Å². The van der Waals surface area contributed by atoms with E-state index in [1.165, 1.54) is 45.2 Å². The zero-order valence-corrected chi connectivity index (χ0v) is 10.9. The van der Waals surface area contributed by atoms with E-state index in [2.05, 4.69) is 19.2 Å². The minimum atomic E-state index is 0.549. The highest BCUT2D eigenvalue weighted by molar-refractivity contribution is 4.76. The fourth-order valence-corrected chi connectivity index (χ4v) is 2.99. The van der Waals surface area contributed by atoms with Crippen molar-refractivity contribution in [2.24, 2.45) is 17.8 Å². The van der Waals surface area contributed by atoms with Gasteiger partial charge in [0.2, 0.25) is 0 Å². The minimum absolute atomic E-state index is 0.549. The molecule has 94 valence electrons. The maximum Gasteiger partial charge on any atom is 0.0578 e. The largest absolute Gasteiger partial charge is 0.378 e. The van der Waals surface area contributed by atoms with Crippen molar-refractivity contribution in [3.8, 4) is 0 Å². The Morgan fingerprint density at radius 1 is 1.12 bits per heavy atom. The third kappa shape index (κ3) is 3.46. The molecule has 2 fully saturated rings. The van der Waals surface area contributed by atoms with E-state index in [-0.39, 0.29) is 0 Å². The Labute approximate surface area is 100 Å². The zero-order chi connectivity index (χ0) is 11.4. The van der Waals surface area contributed by atoms with Gasteiger partial charge >= 0.3 is 0 Å². The molecular formula is C14H27NO. The molecule has 1 saturated carbocycles. The Morgan fingerprint density at radius 3 is 2.69 bits per heavy atom. The van der Waals surface area contributed by atoms with Gasteiger partial charge in [-0.1, -0.05) is 13.8 Å². The van der Waals surface area contributed by atoms with Gasteiger partial charge in [0.1, 0.15) is 0 Å². The Bertz CT molecular complexity index is 201. The second-order valence-corrected chi connectivity index (χ2v) is 5.94. The summed E-state index contributed by atoms with van der Waals surface area (Å²) in [5.41, 5.74) is 0. The van der Waals surface area contributed by atoms with Crippen molar-refractivity contribution < 1.29 is 4.74 Å². The van der Waals surface area contributed by atoms with Gasteiger partial charge in [0.15, 0.2) is 0 Å². The quantitative estimate of drug-likeness (QED) is 0.797. The Hall–Kier alpha value is -0.0800. The van der Waals surface area contributed by atoms with Crippen molar-refractivity contribution in [3.63, 3.8) is 0 Å². The molecule has 0 aromatic carbocycles. The molecule has 4 atom stereocenters. The van der Waals surface area contributed by atoms with Crippen molar-refractivity contribution in [3.05, 3.63) is 0 Å². The predicted molar refractivity (Wildman–Crippen MR) is 67.5 cm³/mol. The molecule has 4 unspecified atom stereocenters. The van der Waals surface area contributed by atoms with Crippen molar-refractivity contribution in [1.82, 2.24) is 5.32 Å². The van der Waals surface area contributed by atoms with Crippen LogP contribution in [0.2, 0.25) is 0 Å². The van der Waals surface area contributed by atoms with Crippen molar-refractivity contribution in [1.29, 1.82) is 0 Å². The van der Waals surface area contributed by atoms with Crippen LogP contribution in [-0.2, 0) is 4.74 Å². The monoisotopic (exact) mass is 225 g/mol. The number of hydrogen-bond acceptors (Lipinski definition) is 2. The summed E-state index contributed by atoms with van der Waals surface area (Å²) in [5, 5.41) is 3.46. The van der Waals surface area contributed by atoms with Crippen LogP contribution in [0.4, 0.5) is 0 Å². The molecule has 2 aliphatic rings. The molecule has 0 aromatic heterocycles. The zero-order valence-electron chi connectivity index (χ0n) is 10.9. The molecule has 2 rings (SSSR count). The number of nitrogens with one attached hydrogen (secondary N) is 1. The van der Waals surface area contributed by atoms with Crippen LogP contribution in [0.15, 0.2) is 0 Å². The highest BCUT2D eigenvalue weighted by atomic mass is 16.5. The lowest BCUT2D eigenvalue weighted by molar-refractivity contribution is -0.0171. The molecule has 2 nitrogen and oxygen atoms in total. The van der Waals surface area contributed by atoms with Crippen LogP contribution in [-0.4, -0.2) is 25.8 Å². The van der Waals surface area contributed by atoms with Gasteiger partial charge in [-0.2, -0.15) is 0 Å². The molecule has 0 bridgehead atoms. The van der Waals surface area contributed by atoms with E-state index in [1.54, 1.807) is 0 Å². The lowest BCUT2D eigenvalue weighted by atomic mass is 9.80. The van der Waals surface area contributed by atoms with E-state index in [0.717, 1.165) is 24.4 Å². The van der Waals surface area contributed by atoms with Crippen molar-refractivity contribution in [2.75, 3.05) is 19.7 Å². The summed E-state index contributed by atoms with van der Waals surface area (Å²) in [6, 6.07) is 0. The van der Waals surface area contributed by atoms with E-state index >= 15 is 0 Å². The minimum Gasteiger partial charge on any atom is -0.378 e. The molecule has 0 aromatic rings. The van der Waals surface area contributed by atoms with E-state index in [1.807, 2.05) is 0 Å². The molecule has 1 N–H and O–H groups in total. The van der Waals surface area contributed by atoms with Gasteiger partial charge in [0, 0.05) is 6.54 Å². The molecule has 0 amide bonds. The van der Waals surface area contributed by atoms with E-state index in [0.29, 0.717) is 6.10 Å². The molecule has 16 heavy (non-hydrogen) atoms. The van der Waals surface area contributed by atoms with Gasteiger partial charge in [0.05, 0.1) is 12.7 Å². The second kappa shape index (κ2) is 6.02. The van der Waals surface area contributed by atoms with Crippen LogP contribution in [0.3, 0.4) is 0 Å². The van der Waals surface area contributed by atoms with Crippen LogP contribution < -0.4 is 5.32 Å². The average molecular weight is 225 g/mol. The van der Waals surface area contributed by atoms with Gasteiger partial charge in [-0.05, 0) is 56.4 Å². The maximum atomic E-state index is 6.10. The van der Waals surface area contributed by atoms with E-state index in [4.69, 9.17) is 4.74 Å². The summed E-state index contributed by atoms with van der Waals surface area (Å²) in [6.07, 6.45) is 7.15. The summed E-state index contributed by atoms with van der Waals surface area (Å²) < 4.78 is 6.10. The number of ether oxygens (including phenoxy) is 1. The topological polar surface area (TPSA) is 21.3 Å². The lowest BCUT2D eigenvalue weighted by Gasteiger charge is -2.33. The summed E-state index contributed by atoms with van der Waals surface area (Å²) in [4.78, 5) is 0. The Morgan fingerprint density at radius 2 is 2.00 bits per heavy atom. The van der Waals surface area contributed by atoms with Crippen LogP contribution in [0, 0.1) is 17.8 Å². The van der Waals surface area contributed by atoms with Crippen LogP contribution in [0.1, 0.15) is 46.0 Å². The van der Waals surface area contributed by atoms with E-state index < -0.39 is 0 Å². The SMILES string of the molecule is CC1CCC(OCC2CCCNC2)CC1C. The molecule has 0 spiro atoms. The van der Waals surface area contributed by atoms with Gasteiger partial charge in [0.25, 0.3) is 0 Å². The molecule has 0 radical (unpaired) electrons. The molecular weight excluding hydrogens is 198 g/mol. The lowest BCUT2D eigenvalue weighted by Crippen LogP contribution is -2.34. The number of piperidine rings is 1. The standard InChI is InChI=1S/C14H27NO/c1-11-5-6-14(8-12(11)2)16-10-13-4-3-7-15-9-13/h11-15H,3-10H2,1-2H3. The number of rotatable bonds is 3. The first-order valence-corrected chi connectivity index (χ1v) is 7.08. The first-order valence-electron chi connectivity index (χ1n) is 7.08. The first kappa shape index (κ1) is 12.4. The van der Waals surface area contributed by atoms with Gasteiger partial charge in [-0.15, -0.1) is 0 Å². The van der Waals surface area contributed by atoms with Crippen molar-refractivity contribution >= 4 is 0 Å². The van der Waals surface area contributed by atoms with Crippen LogP contribution in [0.25, 0.3) is 0 Å². The summed E-state index contributed by atoms with van der Waals surface area (Å²) in [7, 11) is 0. The molecule has 1 heterocycles. The normalized spacial score (nSPS) is 40.9. The molecule has 1 aliphatic heterocycles. The summed E-state index contributed by atoms with van der Waals surface area (Å²) in [5.74, 6) is 2.52. The number of hydrogen-bond donors (Lipinski definition) is 1. The Kier molecular flexibility index (Phi) is 4.66. The molecule has 1 aliphatic carbocycles. The third-order valence-electron chi connectivity index (χ3n) is 4.52. The van der Waals surface area contributed by atoms with Gasteiger partial charge < -0.3 is 10.1 Å². The highest BCUT2D eigenvalue weighted by Crippen LogP contribution is 2.31. The molecule has 1 saturated heterocycles. The smallest absolute Gasteiger partial charge is 0.0578 e. The fraction of sp³-hybridized carbons (Fsp3) is 1.00. The summed E-state index contributed by atoms with van der Waals surface area (Å²) >= 11 is 0. The predicted octanol–water partition coefficient (Wildman–Crippen LogP) is 2.83. The second-order valence-electron chi connectivity index (χ2n) is 5.94.